The molecule has 5 heteroatoms. The van der Waals surface area contributed by atoms with E-state index in [-0.39, 0.29) is 5.76 Å². The standard InChI is InChI=1S/C15H22N2O3/c1-10-6-13(20-14(10)15(18)19)8-16-7-11-4-5-17(9-11)12-2-3-12/h6,11-12,16H,2-5,7-9H2,1H3,(H,18,19). The molecule has 1 aliphatic heterocycles. The van der Waals surface area contributed by atoms with Gasteiger partial charge in [0.15, 0.2) is 0 Å². The second kappa shape index (κ2) is 5.58. The van der Waals surface area contributed by atoms with Gasteiger partial charge in [-0.25, -0.2) is 4.79 Å². The smallest absolute Gasteiger partial charge is 0.372 e. The summed E-state index contributed by atoms with van der Waals surface area (Å²) in [5.41, 5.74) is 0.690. The lowest BCUT2D eigenvalue weighted by atomic mass is 10.1. The summed E-state index contributed by atoms with van der Waals surface area (Å²) in [5.74, 6) is 0.481. The van der Waals surface area contributed by atoms with E-state index in [1.54, 1.807) is 6.92 Å². The van der Waals surface area contributed by atoms with E-state index in [2.05, 4.69) is 10.2 Å². The largest absolute Gasteiger partial charge is 0.475 e. The zero-order valence-corrected chi connectivity index (χ0v) is 11.9. The van der Waals surface area contributed by atoms with Crippen LogP contribution in [0.2, 0.25) is 0 Å². The molecule has 1 aliphatic carbocycles. The second-order valence-electron chi connectivity index (χ2n) is 6.04. The van der Waals surface area contributed by atoms with Gasteiger partial charge in [-0.1, -0.05) is 0 Å². The molecule has 5 nitrogen and oxygen atoms in total. The molecule has 0 spiro atoms. The number of carboxylic acids is 1. The monoisotopic (exact) mass is 278 g/mol. The molecule has 1 aromatic rings. The topological polar surface area (TPSA) is 65.7 Å². The third-order valence-corrected chi connectivity index (χ3v) is 4.28. The van der Waals surface area contributed by atoms with E-state index >= 15 is 0 Å². The predicted molar refractivity (Wildman–Crippen MR) is 74.8 cm³/mol. The minimum absolute atomic E-state index is 0.0579. The van der Waals surface area contributed by atoms with E-state index in [4.69, 9.17) is 9.52 Å². The van der Waals surface area contributed by atoms with Gasteiger partial charge in [0.05, 0.1) is 6.54 Å². The number of likely N-dealkylation sites (tertiary alicyclic amines) is 1. The van der Waals surface area contributed by atoms with Gasteiger partial charge in [0.1, 0.15) is 5.76 Å². The fourth-order valence-electron chi connectivity index (χ4n) is 3.05. The van der Waals surface area contributed by atoms with Crippen molar-refractivity contribution < 1.29 is 14.3 Å². The summed E-state index contributed by atoms with van der Waals surface area (Å²) in [6, 6.07) is 2.67. The van der Waals surface area contributed by atoms with Crippen molar-refractivity contribution in [1.82, 2.24) is 10.2 Å². The van der Waals surface area contributed by atoms with E-state index in [1.807, 2.05) is 6.07 Å². The molecular formula is C15H22N2O3. The zero-order chi connectivity index (χ0) is 14.1. The van der Waals surface area contributed by atoms with Crippen molar-refractivity contribution in [3.8, 4) is 0 Å². The lowest BCUT2D eigenvalue weighted by Crippen LogP contribution is -2.27. The number of rotatable bonds is 6. The van der Waals surface area contributed by atoms with Gasteiger partial charge in [0.25, 0.3) is 0 Å². The highest BCUT2D eigenvalue weighted by molar-refractivity contribution is 5.86. The van der Waals surface area contributed by atoms with Crippen LogP contribution in [0.5, 0.6) is 0 Å². The second-order valence-corrected chi connectivity index (χ2v) is 6.04. The number of carbonyl (C=O) groups is 1. The van der Waals surface area contributed by atoms with Crippen LogP contribution in [0.15, 0.2) is 10.5 Å². The molecule has 1 unspecified atom stereocenters. The lowest BCUT2D eigenvalue weighted by Gasteiger charge is -2.14. The van der Waals surface area contributed by atoms with E-state index in [0.29, 0.717) is 23.8 Å². The molecule has 2 fully saturated rings. The van der Waals surface area contributed by atoms with Gasteiger partial charge in [0, 0.05) is 18.2 Å². The Balaban J connectivity index is 1.43. The van der Waals surface area contributed by atoms with Crippen molar-refractivity contribution in [2.24, 2.45) is 5.92 Å². The van der Waals surface area contributed by atoms with Gasteiger partial charge in [-0.05, 0) is 51.3 Å². The molecule has 0 aromatic carbocycles. The van der Waals surface area contributed by atoms with Crippen molar-refractivity contribution in [2.75, 3.05) is 19.6 Å². The minimum Gasteiger partial charge on any atom is -0.475 e. The first kappa shape index (κ1) is 13.6. The molecule has 1 saturated carbocycles. The van der Waals surface area contributed by atoms with E-state index < -0.39 is 5.97 Å². The molecule has 110 valence electrons. The van der Waals surface area contributed by atoms with Gasteiger partial charge < -0.3 is 19.7 Å². The Morgan fingerprint density at radius 2 is 2.30 bits per heavy atom. The molecule has 2 N–H and O–H groups in total. The quantitative estimate of drug-likeness (QED) is 0.831. The number of aryl methyl sites for hydroxylation is 1. The van der Waals surface area contributed by atoms with Crippen molar-refractivity contribution in [2.45, 2.75) is 38.8 Å². The average molecular weight is 278 g/mol. The molecule has 20 heavy (non-hydrogen) atoms. The highest BCUT2D eigenvalue weighted by Crippen LogP contribution is 2.31. The van der Waals surface area contributed by atoms with E-state index in [9.17, 15) is 4.79 Å². The number of furan rings is 1. The Kier molecular flexibility index (Phi) is 3.81. The molecule has 1 aromatic heterocycles. The van der Waals surface area contributed by atoms with Crippen LogP contribution in [-0.2, 0) is 6.54 Å². The fraction of sp³-hybridized carbons (Fsp3) is 0.667. The summed E-state index contributed by atoms with van der Waals surface area (Å²) in [6.45, 7) is 5.79. The SMILES string of the molecule is Cc1cc(CNCC2CCN(C3CC3)C2)oc1C(=O)O. The molecule has 0 radical (unpaired) electrons. The lowest BCUT2D eigenvalue weighted by molar-refractivity contribution is 0.0659. The first-order valence-electron chi connectivity index (χ1n) is 7.41. The number of nitrogens with one attached hydrogen (secondary N) is 1. The normalized spacial score (nSPS) is 23.4. The maximum absolute atomic E-state index is 10.9. The first-order valence-corrected chi connectivity index (χ1v) is 7.41. The van der Waals surface area contributed by atoms with Gasteiger partial charge in [-0.2, -0.15) is 0 Å². The summed E-state index contributed by atoms with van der Waals surface area (Å²) in [6.07, 6.45) is 4.02. The van der Waals surface area contributed by atoms with Crippen LogP contribution in [0, 0.1) is 12.8 Å². The van der Waals surface area contributed by atoms with Gasteiger partial charge in [0.2, 0.25) is 5.76 Å². The van der Waals surface area contributed by atoms with Gasteiger partial charge in [-0.15, -0.1) is 0 Å². The first-order chi connectivity index (χ1) is 9.63. The molecule has 1 atom stereocenters. The number of hydrogen-bond acceptors (Lipinski definition) is 4. The van der Waals surface area contributed by atoms with Crippen molar-refractivity contribution >= 4 is 5.97 Å². The van der Waals surface area contributed by atoms with Crippen LogP contribution in [0.1, 0.15) is 41.1 Å². The fourth-order valence-corrected chi connectivity index (χ4v) is 3.05. The molecule has 2 aliphatic rings. The van der Waals surface area contributed by atoms with Gasteiger partial charge in [-0.3, -0.25) is 0 Å². The number of nitrogens with zero attached hydrogens (tertiary/aromatic N) is 1. The van der Waals surface area contributed by atoms with Gasteiger partial charge >= 0.3 is 5.97 Å². The summed E-state index contributed by atoms with van der Waals surface area (Å²) in [7, 11) is 0. The Morgan fingerprint density at radius 3 is 2.95 bits per heavy atom. The minimum atomic E-state index is -0.996. The van der Waals surface area contributed by atoms with Crippen molar-refractivity contribution in [3.05, 3.63) is 23.2 Å². The van der Waals surface area contributed by atoms with E-state index in [1.165, 1.54) is 32.4 Å². The van der Waals surface area contributed by atoms with Crippen LogP contribution >= 0.6 is 0 Å². The molecule has 2 heterocycles. The van der Waals surface area contributed by atoms with Crippen LogP contribution in [0.25, 0.3) is 0 Å². The Labute approximate surface area is 118 Å². The average Bonchev–Trinajstić information content (AvgIpc) is 3.03. The molecule has 0 amide bonds. The van der Waals surface area contributed by atoms with Crippen molar-refractivity contribution in [3.63, 3.8) is 0 Å². The highest BCUT2D eigenvalue weighted by atomic mass is 16.4. The summed E-state index contributed by atoms with van der Waals surface area (Å²) >= 11 is 0. The summed E-state index contributed by atoms with van der Waals surface area (Å²) in [4.78, 5) is 13.5. The van der Waals surface area contributed by atoms with Crippen molar-refractivity contribution in [1.29, 1.82) is 0 Å². The zero-order valence-electron chi connectivity index (χ0n) is 11.9. The number of hydrogen-bond donors (Lipinski definition) is 2. The molecule has 1 saturated heterocycles. The van der Waals surface area contributed by atoms with Crippen LogP contribution in [0.4, 0.5) is 0 Å². The molecule has 0 bridgehead atoms. The molecular weight excluding hydrogens is 256 g/mol. The Bertz CT molecular complexity index is 493. The number of carboxylic acid groups (broad SMARTS) is 1. The third kappa shape index (κ3) is 3.04. The summed E-state index contributed by atoms with van der Waals surface area (Å²) < 4.78 is 5.34. The van der Waals surface area contributed by atoms with Crippen LogP contribution < -0.4 is 5.32 Å². The van der Waals surface area contributed by atoms with E-state index in [0.717, 1.165) is 12.6 Å². The predicted octanol–water partition coefficient (Wildman–Crippen LogP) is 1.86. The third-order valence-electron chi connectivity index (χ3n) is 4.28. The molecule has 3 rings (SSSR count). The number of aromatic carboxylic acids is 1. The Hall–Kier alpha value is -1.33. The maximum atomic E-state index is 10.9. The van der Waals surface area contributed by atoms with Crippen LogP contribution in [-0.4, -0.2) is 41.7 Å². The maximum Gasteiger partial charge on any atom is 0.372 e. The Morgan fingerprint density at radius 1 is 1.50 bits per heavy atom. The highest BCUT2D eigenvalue weighted by Gasteiger charge is 2.34. The summed E-state index contributed by atoms with van der Waals surface area (Å²) in [5, 5.41) is 12.3. The van der Waals surface area contributed by atoms with Crippen LogP contribution in [0.3, 0.4) is 0 Å².